The molecule has 7 heteroatoms. The molecule has 2 N–H and O–H groups in total. The topological polar surface area (TPSA) is 110 Å². The first-order chi connectivity index (χ1) is 16.9. The Morgan fingerprint density at radius 1 is 0.686 bits per heavy atom. The van der Waals surface area contributed by atoms with Crippen molar-refractivity contribution in [3.05, 3.63) is 49.6 Å². The molecule has 0 atom stereocenters. The number of unbranched alkanes of at least 4 members (excludes halogenated alkanes) is 11. The van der Waals surface area contributed by atoms with Crippen LogP contribution in [0.5, 0.6) is 0 Å². The second kappa shape index (κ2) is 33.7. The second-order valence-corrected chi connectivity index (χ2v) is 7.70. The van der Waals surface area contributed by atoms with Gasteiger partial charge >= 0.3 is 11.9 Å². The summed E-state index contributed by atoms with van der Waals surface area (Å²) in [5.74, 6) is -3.65. The van der Waals surface area contributed by atoms with E-state index >= 15 is 0 Å². The van der Waals surface area contributed by atoms with Gasteiger partial charge in [-0.15, -0.1) is 0 Å². The summed E-state index contributed by atoms with van der Waals surface area (Å²) in [6, 6.07) is 0. The van der Waals surface area contributed by atoms with E-state index in [9.17, 15) is 4.79 Å². The van der Waals surface area contributed by atoms with Gasteiger partial charge < -0.3 is 24.5 Å². The molecule has 0 rings (SSSR count). The normalized spacial score (nSPS) is 10.4. The molecule has 0 aromatic heterocycles. The molecule has 202 valence electrons. The SMILES string of the molecule is C=C/C=C/CCCCCCCC(OC)OC.C=C/C=C/CCCCCCCC=O.O=C(O)C(=O)O. The van der Waals surface area contributed by atoms with Crippen LogP contribution >= 0.6 is 0 Å². The fourth-order valence-electron chi connectivity index (χ4n) is 2.84. The fraction of sp³-hybridized carbons (Fsp3) is 0.607. The minimum atomic E-state index is -1.82. The van der Waals surface area contributed by atoms with Gasteiger partial charge in [0, 0.05) is 20.6 Å². The molecule has 0 spiro atoms. The molecule has 0 saturated heterocycles. The van der Waals surface area contributed by atoms with Crippen LogP contribution in [0.4, 0.5) is 0 Å². The first kappa shape index (κ1) is 37.0. The zero-order valence-electron chi connectivity index (χ0n) is 21.9. The molecule has 0 saturated carbocycles. The number of carboxylic acids is 2. The highest BCUT2D eigenvalue weighted by molar-refractivity contribution is 6.27. The van der Waals surface area contributed by atoms with Gasteiger partial charge in [-0.25, -0.2) is 9.59 Å². The van der Waals surface area contributed by atoms with Gasteiger partial charge in [-0.1, -0.05) is 88.1 Å². The van der Waals surface area contributed by atoms with E-state index in [2.05, 4.69) is 25.3 Å². The highest BCUT2D eigenvalue weighted by Gasteiger charge is 2.04. The van der Waals surface area contributed by atoms with E-state index < -0.39 is 11.9 Å². The molecule has 0 unspecified atom stereocenters. The van der Waals surface area contributed by atoms with Crippen molar-refractivity contribution in [1.82, 2.24) is 0 Å². The molecule has 0 aromatic carbocycles. The molecule has 0 aromatic rings. The minimum absolute atomic E-state index is 0.0180. The summed E-state index contributed by atoms with van der Waals surface area (Å²) >= 11 is 0. The molecule has 35 heavy (non-hydrogen) atoms. The van der Waals surface area contributed by atoms with Crippen LogP contribution in [0, 0.1) is 0 Å². The zero-order chi connectivity index (χ0) is 27.0. The second-order valence-electron chi connectivity index (χ2n) is 7.70. The molecular formula is C28H48O7. The Morgan fingerprint density at radius 3 is 1.40 bits per heavy atom. The standard InChI is InChI=1S/C14H26O2.C12H20O.C2H2O4/c1-4-5-6-7-8-9-10-11-12-13-14(15-2)16-3;1-2-3-4-5-6-7-8-9-10-11-12-13;3-1(4)2(5)6/h4-6,14H,1,7-13H2,2-3H3;2-4,12H,1,5-11H2;(H,3,4)(H,5,6)/b6-5+;4-3+;. The summed E-state index contributed by atoms with van der Waals surface area (Å²) in [5.41, 5.74) is 0. The maximum absolute atomic E-state index is 9.99. The summed E-state index contributed by atoms with van der Waals surface area (Å²) in [4.78, 5) is 28.2. The lowest BCUT2D eigenvalue weighted by Crippen LogP contribution is -2.12. The Labute approximate surface area is 212 Å². The first-order valence-corrected chi connectivity index (χ1v) is 12.4. The fourth-order valence-corrected chi connectivity index (χ4v) is 2.84. The van der Waals surface area contributed by atoms with Crippen LogP contribution in [0.15, 0.2) is 49.6 Å². The number of allylic oxidation sites excluding steroid dienone is 6. The van der Waals surface area contributed by atoms with E-state index in [4.69, 9.17) is 29.3 Å². The smallest absolute Gasteiger partial charge is 0.414 e. The molecule has 0 radical (unpaired) electrons. The monoisotopic (exact) mass is 496 g/mol. The Morgan fingerprint density at radius 2 is 1.06 bits per heavy atom. The van der Waals surface area contributed by atoms with Gasteiger partial charge in [0.2, 0.25) is 0 Å². The molecule has 0 bridgehead atoms. The average molecular weight is 497 g/mol. The number of ether oxygens (including phenoxy) is 2. The molecule has 0 heterocycles. The van der Waals surface area contributed by atoms with Gasteiger partial charge in [-0.2, -0.15) is 0 Å². The van der Waals surface area contributed by atoms with E-state index in [1.165, 1.54) is 64.2 Å². The molecule has 0 aliphatic heterocycles. The van der Waals surface area contributed by atoms with Crippen molar-refractivity contribution >= 4 is 18.2 Å². The van der Waals surface area contributed by atoms with E-state index in [1.807, 2.05) is 24.3 Å². The lowest BCUT2D eigenvalue weighted by Gasteiger charge is -2.12. The summed E-state index contributed by atoms with van der Waals surface area (Å²) in [7, 11) is 3.39. The summed E-state index contributed by atoms with van der Waals surface area (Å²) in [5, 5.41) is 14.8. The van der Waals surface area contributed by atoms with Gasteiger partial charge in [0.05, 0.1) is 0 Å². The molecular weight excluding hydrogens is 448 g/mol. The number of hydrogen-bond acceptors (Lipinski definition) is 5. The van der Waals surface area contributed by atoms with E-state index in [1.54, 1.807) is 14.2 Å². The lowest BCUT2D eigenvalue weighted by atomic mass is 10.1. The van der Waals surface area contributed by atoms with Crippen LogP contribution in [0.2, 0.25) is 0 Å². The zero-order valence-corrected chi connectivity index (χ0v) is 21.9. The number of methoxy groups -OCH3 is 2. The highest BCUT2D eigenvalue weighted by Crippen LogP contribution is 2.10. The summed E-state index contributed by atoms with van der Waals surface area (Å²) in [6.45, 7) is 7.25. The predicted octanol–water partition coefficient (Wildman–Crippen LogP) is 6.89. The van der Waals surface area contributed by atoms with Crippen molar-refractivity contribution in [2.24, 2.45) is 0 Å². The number of carbonyl (C=O) groups excluding carboxylic acids is 1. The first-order valence-electron chi connectivity index (χ1n) is 12.4. The number of rotatable bonds is 20. The Bertz CT molecular complexity index is 552. The van der Waals surface area contributed by atoms with E-state index in [0.717, 1.165) is 32.0 Å². The largest absolute Gasteiger partial charge is 0.473 e. The number of carboxylic acid groups (broad SMARTS) is 2. The molecule has 7 nitrogen and oxygen atoms in total. The van der Waals surface area contributed by atoms with Gasteiger partial charge in [0.15, 0.2) is 6.29 Å². The van der Waals surface area contributed by atoms with E-state index in [-0.39, 0.29) is 6.29 Å². The Balaban J connectivity index is -0.000000482. The van der Waals surface area contributed by atoms with Crippen LogP contribution < -0.4 is 0 Å². The van der Waals surface area contributed by atoms with Crippen LogP contribution in [0.25, 0.3) is 0 Å². The van der Waals surface area contributed by atoms with Gasteiger partial charge in [0.1, 0.15) is 6.29 Å². The number of hydrogen-bond donors (Lipinski definition) is 2. The van der Waals surface area contributed by atoms with Crippen LogP contribution in [0.3, 0.4) is 0 Å². The van der Waals surface area contributed by atoms with Crippen molar-refractivity contribution < 1.29 is 34.1 Å². The Hall–Kier alpha value is -2.51. The minimum Gasteiger partial charge on any atom is -0.473 e. The summed E-state index contributed by atoms with van der Waals surface area (Å²) in [6.07, 6.45) is 29.4. The summed E-state index contributed by atoms with van der Waals surface area (Å²) < 4.78 is 10.3. The van der Waals surface area contributed by atoms with Crippen molar-refractivity contribution in [3.8, 4) is 0 Å². The third-order valence-corrected chi connectivity index (χ3v) is 4.76. The maximum Gasteiger partial charge on any atom is 0.414 e. The van der Waals surface area contributed by atoms with Crippen molar-refractivity contribution in [2.75, 3.05) is 14.2 Å². The third kappa shape index (κ3) is 39.0. The number of aliphatic carboxylic acids is 2. The predicted molar refractivity (Wildman–Crippen MR) is 142 cm³/mol. The number of carbonyl (C=O) groups is 3. The van der Waals surface area contributed by atoms with Crippen molar-refractivity contribution in [1.29, 1.82) is 0 Å². The molecule has 0 fully saturated rings. The lowest BCUT2D eigenvalue weighted by molar-refractivity contribution is -0.159. The molecule has 0 aliphatic rings. The molecule has 0 aliphatic carbocycles. The van der Waals surface area contributed by atoms with Crippen LogP contribution in [-0.2, 0) is 23.9 Å². The van der Waals surface area contributed by atoms with Crippen molar-refractivity contribution in [3.63, 3.8) is 0 Å². The van der Waals surface area contributed by atoms with E-state index in [0.29, 0.717) is 0 Å². The van der Waals surface area contributed by atoms with Gasteiger partial charge in [-0.05, 0) is 44.9 Å². The Kier molecular flexibility index (Phi) is 35.6. The molecule has 0 amide bonds. The van der Waals surface area contributed by atoms with Crippen LogP contribution in [0.1, 0.15) is 89.9 Å². The highest BCUT2D eigenvalue weighted by atomic mass is 16.7. The number of aldehydes is 1. The average Bonchev–Trinajstić information content (AvgIpc) is 2.85. The quantitative estimate of drug-likeness (QED) is 0.0620. The van der Waals surface area contributed by atoms with Gasteiger partial charge in [0.25, 0.3) is 0 Å². The maximum atomic E-state index is 9.99. The third-order valence-electron chi connectivity index (χ3n) is 4.76. The van der Waals surface area contributed by atoms with Crippen molar-refractivity contribution in [2.45, 2.75) is 96.2 Å². The van der Waals surface area contributed by atoms with Crippen LogP contribution in [-0.4, -0.2) is 48.9 Å². The van der Waals surface area contributed by atoms with Gasteiger partial charge in [-0.3, -0.25) is 0 Å².